The highest BCUT2D eigenvalue weighted by Gasteiger charge is 2.05. The molecule has 0 unspecified atom stereocenters. The molecule has 2 aromatic rings. The zero-order chi connectivity index (χ0) is 15.1. The van der Waals surface area contributed by atoms with Crippen molar-refractivity contribution in [1.29, 1.82) is 0 Å². The summed E-state index contributed by atoms with van der Waals surface area (Å²) in [5, 5.41) is 6.44. The summed E-state index contributed by atoms with van der Waals surface area (Å²) in [7, 11) is 0. The van der Waals surface area contributed by atoms with Crippen LogP contribution in [-0.4, -0.2) is 23.1 Å². The number of aromatic nitrogens is 2. The number of hydrogen-bond donors (Lipinski definition) is 2. The maximum atomic E-state index is 5.48. The lowest BCUT2D eigenvalue weighted by molar-refractivity contribution is 0.340. The number of benzene rings is 1. The molecule has 1 heterocycles. The van der Waals surface area contributed by atoms with Crippen molar-refractivity contribution in [2.24, 2.45) is 0 Å². The maximum Gasteiger partial charge on any atom is 0.229 e. The Bertz CT molecular complexity index is 592. The van der Waals surface area contributed by atoms with E-state index in [1.165, 1.54) is 0 Å². The fourth-order valence-electron chi connectivity index (χ4n) is 1.75. The van der Waals surface area contributed by atoms with Gasteiger partial charge in [-0.05, 0) is 41.4 Å². The minimum atomic E-state index is 0.547. The van der Waals surface area contributed by atoms with Gasteiger partial charge in [0.05, 0.1) is 11.1 Å². The molecular formula is C15H19BrN4O. The van der Waals surface area contributed by atoms with Gasteiger partial charge in [-0.3, -0.25) is 0 Å². The first-order valence-corrected chi connectivity index (χ1v) is 7.78. The van der Waals surface area contributed by atoms with E-state index in [4.69, 9.17) is 4.74 Å². The number of hydrogen-bond acceptors (Lipinski definition) is 5. The van der Waals surface area contributed by atoms with Gasteiger partial charge >= 0.3 is 0 Å². The molecule has 0 aliphatic carbocycles. The second-order valence-electron chi connectivity index (χ2n) is 4.40. The molecule has 112 valence electrons. The molecule has 0 aliphatic heterocycles. The molecule has 0 spiro atoms. The molecule has 1 aromatic carbocycles. The van der Waals surface area contributed by atoms with Crippen LogP contribution in [0.15, 0.2) is 34.9 Å². The molecule has 0 aliphatic rings. The van der Waals surface area contributed by atoms with Gasteiger partial charge in [0.1, 0.15) is 11.6 Å². The molecule has 0 atom stereocenters. The molecule has 2 rings (SSSR count). The largest absolute Gasteiger partial charge is 0.494 e. The van der Waals surface area contributed by atoms with Gasteiger partial charge in [0.25, 0.3) is 0 Å². The molecule has 0 bridgehead atoms. The van der Waals surface area contributed by atoms with Crippen molar-refractivity contribution in [2.45, 2.75) is 20.3 Å². The zero-order valence-electron chi connectivity index (χ0n) is 12.2. The van der Waals surface area contributed by atoms with Gasteiger partial charge in [-0.15, -0.1) is 0 Å². The Balaban J connectivity index is 2.13. The van der Waals surface area contributed by atoms with Crippen molar-refractivity contribution in [3.05, 3.63) is 34.9 Å². The summed E-state index contributed by atoms with van der Waals surface area (Å²) < 4.78 is 6.33. The Labute approximate surface area is 133 Å². The summed E-state index contributed by atoms with van der Waals surface area (Å²) in [6.45, 7) is 5.59. The molecule has 0 radical (unpaired) electrons. The second-order valence-corrected chi connectivity index (χ2v) is 5.26. The average molecular weight is 351 g/mol. The summed E-state index contributed by atoms with van der Waals surface area (Å²) in [4.78, 5) is 8.73. The van der Waals surface area contributed by atoms with Crippen LogP contribution in [0.25, 0.3) is 0 Å². The van der Waals surface area contributed by atoms with Crippen LogP contribution in [0.4, 0.5) is 17.5 Å². The van der Waals surface area contributed by atoms with Crippen molar-refractivity contribution < 1.29 is 4.74 Å². The van der Waals surface area contributed by atoms with E-state index in [0.717, 1.165) is 34.7 Å². The summed E-state index contributed by atoms with van der Waals surface area (Å²) >= 11 is 3.44. The molecule has 0 saturated heterocycles. The smallest absolute Gasteiger partial charge is 0.229 e. The topological polar surface area (TPSA) is 59.1 Å². The summed E-state index contributed by atoms with van der Waals surface area (Å²) in [6.07, 6.45) is 2.77. The highest BCUT2D eigenvalue weighted by molar-refractivity contribution is 9.10. The van der Waals surface area contributed by atoms with Crippen molar-refractivity contribution >= 4 is 33.4 Å². The highest BCUT2D eigenvalue weighted by atomic mass is 79.9. The number of halogens is 1. The minimum absolute atomic E-state index is 0.547. The molecule has 1 aromatic heterocycles. The lowest BCUT2D eigenvalue weighted by Gasteiger charge is -2.10. The van der Waals surface area contributed by atoms with Gasteiger partial charge in [0, 0.05) is 24.5 Å². The molecule has 0 amide bonds. The summed E-state index contributed by atoms with van der Waals surface area (Å²) in [5.74, 6) is 2.16. The molecular weight excluding hydrogens is 332 g/mol. The fourth-order valence-corrected chi connectivity index (χ4v) is 2.09. The third-order valence-electron chi connectivity index (χ3n) is 2.69. The minimum Gasteiger partial charge on any atom is -0.494 e. The normalized spacial score (nSPS) is 10.2. The number of anilines is 3. The van der Waals surface area contributed by atoms with E-state index in [1.54, 1.807) is 6.20 Å². The Kier molecular flexibility index (Phi) is 5.80. The van der Waals surface area contributed by atoms with E-state index in [-0.39, 0.29) is 0 Å². The first kappa shape index (κ1) is 15.6. The molecule has 5 nitrogen and oxygen atoms in total. The molecule has 2 N–H and O–H groups in total. The third-order valence-corrected chi connectivity index (χ3v) is 3.27. The zero-order valence-corrected chi connectivity index (χ0v) is 13.8. The quantitative estimate of drug-likeness (QED) is 0.783. The molecule has 0 saturated carbocycles. The van der Waals surface area contributed by atoms with Crippen LogP contribution < -0.4 is 15.4 Å². The van der Waals surface area contributed by atoms with E-state index in [9.17, 15) is 0 Å². The van der Waals surface area contributed by atoms with Gasteiger partial charge in [0.2, 0.25) is 5.95 Å². The first-order valence-electron chi connectivity index (χ1n) is 6.99. The predicted octanol–water partition coefficient (Wildman–Crippen LogP) is 4.20. The number of rotatable bonds is 7. The fraction of sp³-hybridized carbons (Fsp3) is 0.333. The van der Waals surface area contributed by atoms with Crippen molar-refractivity contribution in [3.63, 3.8) is 0 Å². The lowest BCUT2D eigenvalue weighted by atomic mass is 10.3. The SMILES string of the molecule is CCCNc1nc(Nc2cccc(OCC)c2)ncc1Br. The van der Waals surface area contributed by atoms with Crippen LogP contribution in [-0.2, 0) is 0 Å². The van der Waals surface area contributed by atoms with Gasteiger partial charge in [0.15, 0.2) is 0 Å². The first-order chi connectivity index (χ1) is 10.2. The Morgan fingerprint density at radius 3 is 2.90 bits per heavy atom. The Hall–Kier alpha value is -1.82. The van der Waals surface area contributed by atoms with Gasteiger partial charge in [-0.1, -0.05) is 13.0 Å². The van der Waals surface area contributed by atoms with Crippen molar-refractivity contribution in [3.8, 4) is 5.75 Å². The van der Waals surface area contributed by atoms with E-state index in [2.05, 4.69) is 43.5 Å². The van der Waals surface area contributed by atoms with Crippen LogP contribution in [0, 0.1) is 0 Å². The van der Waals surface area contributed by atoms with E-state index < -0.39 is 0 Å². The van der Waals surface area contributed by atoms with E-state index >= 15 is 0 Å². The average Bonchev–Trinajstić information content (AvgIpc) is 2.48. The molecule has 0 fully saturated rings. The van der Waals surface area contributed by atoms with Crippen LogP contribution in [0.2, 0.25) is 0 Å². The molecule has 21 heavy (non-hydrogen) atoms. The predicted molar refractivity (Wildman–Crippen MR) is 89.4 cm³/mol. The summed E-state index contributed by atoms with van der Waals surface area (Å²) in [6, 6.07) is 7.73. The van der Waals surface area contributed by atoms with Gasteiger partial charge in [-0.25, -0.2) is 4.98 Å². The Morgan fingerprint density at radius 2 is 2.14 bits per heavy atom. The van der Waals surface area contributed by atoms with Crippen LogP contribution >= 0.6 is 15.9 Å². The third kappa shape index (κ3) is 4.60. The number of nitrogens with zero attached hydrogens (tertiary/aromatic N) is 2. The van der Waals surface area contributed by atoms with Gasteiger partial charge < -0.3 is 15.4 Å². The monoisotopic (exact) mass is 350 g/mol. The number of nitrogens with one attached hydrogen (secondary N) is 2. The maximum absolute atomic E-state index is 5.48. The molecule has 6 heteroatoms. The lowest BCUT2D eigenvalue weighted by Crippen LogP contribution is -2.05. The van der Waals surface area contributed by atoms with Crippen molar-refractivity contribution in [1.82, 2.24) is 9.97 Å². The van der Waals surface area contributed by atoms with Crippen LogP contribution in [0.3, 0.4) is 0 Å². The van der Waals surface area contributed by atoms with E-state index in [0.29, 0.717) is 12.6 Å². The van der Waals surface area contributed by atoms with E-state index in [1.807, 2.05) is 31.2 Å². The van der Waals surface area contributed by atoms with Gasteiger partial charge in [-0.2, -0.15) is 4.98 Å². The van der Waals surface area contributed by atoms with Crippen LogP contribution in [0.5, 0.6) is 5.75 Å². The highest BCUT2D eigenvalue weighted by Crippen LogP contribution is 2.23. The standard InChI is InChI=1S/C15H19BrN4O/c1-3-8-17-14-13(16)10-18-15(20-14)19-11-6-5-7-12(9-11)21-4-2/h5-7,9-10H,3-4,8H2,1-2H3,(H2,17,18,19,20). The second kappa shape index (κ2) is 7.83. The number of ether oxygens (including phenoxy) is 1. The van der Waals surface area contributed by atoms with Crippen molar-refractivity contribution in [2.75, 3.05) is 23.8 Å². The van der Waals surface area contributed by atoms with Crippen LogP contribution in [0.1, 0.15) is 20.3 Å². The Morgan fingerprint density at radius 1 is 1.29 bits per heavy atom. The summed E-state index contributed by atoms with van der Waals surface area (Å²) in [5.41, 5.74) is 0.893.